The molecule has 2 rings (SSSR count). The molecule has 0 heterocycles. The number of carbonyl (C=O) groups is 1. The van der Waals surface area contributed by atoms with E-state index in [1.54, 1.807) is 6.92 Å². The molecule has 2 fully saturated rings. The Morgan fingerprint density at radius 3 is 2.00 bits per heavy atom. The first kappa shape index (κ1) is 9.23. The molecule has 1 atom stereocenters. The fourth-order valence-electron chi connectivity index (χ4n) is 3.00. The van der Waals surface area contributed by atoms with Crippen LogP contribution in [0.25, 0.3) is 0 Å². The zero-order valence-corrected chi connectivity index (χ0v) is 8.59. The zero-order chi connectivity index (χ0) is 9.26. The molecular weight excluding hydrogens is 160 g/mol. The van der Waals surface area contributed by atoms with E-state index in [0.29, 0.717) is 11.7 Å². The van der Waals surface area contributed by atoms with Gasteiger partial charge in [-0.15, -0.1) is 0 Å². The number of hydrogen-bond donors (Lipinski definition) is 0. The van der Waals surface area contributed by atoms with Crippen molar-refractivity contribution in [1.29, 1.82) is 0 Å². The summed E-state index contributed by atoms with van der Waals surface area (Å²) in [5.74, 6) is 2.44. The van der Waals surface area contributed by atoms with Crippen LogP contribution in [0.2, 0.25) is 0 Å². The third-order valence-corrected chi connectivity index (χ3v) is 3.76. The van der Waals surface area contributed by atoms with Gasteiger partial charge in [0.05, 0.1) is 0 Å². The van der Waals surface area contributed by atoms with Gasteiger partial charge < -0.3 is 0 Å². The van der Waals surface area contributed by atoms with E-state index in [0.717, 1.165) is 11.8 Å². The van der Waals surface area contributed by atoms with Crippen molar-refractivity contribution in [3.8, 4) is 0 Å². The fourth-order valence-corrected chi connectivity index (χ4v) is 3.00. The first-order valence-electron chi connectivity index (χ1n) is 5.79. The van der Waals surface area contributed by atoms with E-state index in [2.05, 4.69) is 0 Å². The molecule has 0 bridgehead atoms. The molecule has 1 unspecified atom stereocenters. The fraction of sp³-hybridized carbons (Fsp3) is 0.917. The maximum absolute atomic E-state index is 11.5. The van der Waals surface area contributed by atoms with Gasteiger partial charge in [-0.05, 0) is 44.4 Å². The molecule has 0 N–H and O–H groups in total. The summed E-state index contributed by atoms with van der Waals surface area (Å²) in [6, 6.07) is 0. The highest BCUT2D eigenvalue weighted by atomic mass is 16.1. The second kappa shape index (κ2) is 3.81. The minimum absolute atomic E-state index is 0.445. The molecule has 13 heavy (non-hydrogen) atoms. The lowest BCUT2D eigenvalue weighted by Crippen LogP contribution is -2.25. The summed E-state index contributed by atoms with van der Waals surface area (Å²) in [6.45, 7) is 1.80. The van der Waals surface area contributed by atoms with Gasteiger partial charge >= 0.3 is 0 Å². The van der Waals surface area contributed by atoms with Crippen LogP contribution in [0, 0.1) is 17.8 Å². The smallest absolute Gasteiger partial charge is 0.133 e. The molecule has 0 aliphatic heterocycles. The Hall–Kier alpha value is -0.330. The molecular formula is C12H20O. The summed E-state index contributed by atoms with van der Waals surface area (Å²) >= 11 is 0. The van der Waals surface area contributed by atoms with Gasteiger partial charge in [-0.1, -0.05) is 19.3 Å². The molecule has 0 amide bonds. The van der Waals surface area contributed by atoms with Crippen molar-refractivity contribution < 1.29 is 4.79 Å². The van der Waals surface area contributed by atoms with Crippen LogP contribution >= 0.6 is 0 Å². The molecule has 2 aliphatic rings. The van der Waals surface area contributed by atoms with E-state index in [4.69, 9.17) is 0 Å². The molecule has 1 nitrogen and oxygen atoms in total. The van der Waals surface area contributed by atoms with Crippen molar-refractivity contribution in [1.82, 2.24) is 0 Å². The average molecular weight is 180 g/mol. The van der Waals surface area contributed by atoms with Gasteiger partial charge in [0.2, 0.25) is 0 Å². The van der Waals surface area contributed by atoms with Gasteiger partial charge in [0, 0.05) is 5.92 Å². The maximum atomic E-state index is 11.5. The van der Waals surface area contributed by atoms with E-state index in [1.807, 2.05) is 0 Å². The van der Waals surface area contributed by atoms with E-state index < -0.39 is 0 Å². The second-order valence-electron chi connectivity index (χ2n) is 4.87. The predicted octanol–water partition coefficient (Wildman–Crippen LogP) is 3.18. The van der Waals surface area contributed by atoms with E-state index in [9.17, 15) is 4.79 Å². The molecule has 74 valence electrons. The monoisotopic (exact) mass is 180 g/mol. The third-order valence-electron chi connectivity index (χ3n) is 3.76. The summed E-state index contributed by atoms with van der Waals surface area (Å²) in [4.78, 5) is 11.5. The van der Waals surface area contributed by atoms with Crippen molar-refractivity contribution in [2.45, 2.75) is 51.9 Å². The topological polar surface area (TPSA) is 17.1 Å². The van der Waals surface area contributed by atoms with Crippen molar-refractivity contribution >= 4 is 5.78 Å². The van der Waals surface area contributed by atoms with Gasteiger partial charge in [-0.3, -0.25) is 4.79 Å². The zero-order valence-electron chi connectivity index (χ0n) is 8.59. The van der Waals surface area contributed by atoms with Crippen LogP contribution in [-0.4, -0.2) is 5.78 Å². The number of hydrogen-bond acceptors (Lipinski definition) is 1. The Kier molecular flexibility index (Phi) is 2.71. The van der Waals surface area contributed by atoms with Crippen LogP contribution < -0.4 is 0 Å². The summed E-state index contributed by atoms with van der Waals surface area (Å²) in [6.07, 6.45) is 9.40. The average Bonchev–Trinajstić information content (AvgIpc) is 2.90. The molecule has 0 aromatic heterocycles. The van der Waals surface area contributed by atoms with Crippen LogP contribution in [0.15, 0.2) is 0 Å². The van der Waals surface area contributed by atoms with Crippen LogP contribution in [0.1, 0.15) is 51.9 Å². The minimum atomic E-state index is 0.445. The van der Waals surface area contributed by atoms with Crippen molar-refractivity contribution in [3.63, 3.8) is 0 Å². The normalized spacial score (nSPS) is 27.2. The lowest BCUT2D eigenvalue weighted by Gasteiger charge is -2.28. The number of rotatable bonds is 3. The first-order chi connectivity index (χ1) is 6.29. The Morgan fingerprint density at radius 1 is 1.00 bits per heavy atom. The lowest BCUT2D eigenvalue weighted by molar-refractivity contribution is -0.123. The molecule has 0 radical (unpaired) electrons. The third kappa shape index (κ3) is 2.12. The van der Waals surface area contributed by atoms with Crippen LogP contribution in [0.5, 0.6) is 0 Å². The second-order valence-corrected chi connectivity index (χ2v) is 4.87. The molecule has 2 saturated carbocycles. The maximum Gasteiger partial charge on any atom is 0.133 e. The highest BCUT2D eigenvalue weighted by molar-refractivity contribution is 5.79. The molecule has 1 heteroatoms. The number of ketones is 1. The largest absolute Gasteiger partial charge is 0.300 e. The summed E-state index contributed by atoms with van der Waals surface area (Å²) in [5, 5.41) is 0. The highest BCUT2D eigenvalue weighted by Gasteiger charge is 2.39. The summed E-state index contributed by atoms with van der Waals surface area (Å²) in [7, 11) is 0. The Bertz CT molecular complexity index is 187. The van der Waals surface area contributed by atoms with E-state index in [-0.39, 0.29) is 0 Å². The van der Waals surface area contributed by atoms with Crippen LogP contribution in [-0.2, 0) is 4.79 Å². The Balaban J connectivity index is 1.96. The highest BCUT2D eigenvalue weighted by Crippen LogP contribution is 2.45. The standard InChI is InChI=1S/C12H20O/c1-9(13)12(11-7-8-11)10-5-3-2-4-6-10/h10-12H,2-8H2,1H3. The molecule has 0 spiro atoms. The summed E-state index contributed by atoms with van der Waals surface area (Å²) < 4.78 is 0. The molecule has 0 aromatic carbocycles. The lowest BCUT2D eigenvalue weighted by atomic mass is 9.76. The van der Waals surface area contributed by atoms with Crippen molar-refractivity contribution in [2.24, 2.45) is 17.8 Å². The minimum Gasteiger partial charge on any atom is -0.300 e. The van der Waals surface area contributed by atoms with Gasteiger partial charge in [0.15, 0.2) is 0 Å². The van der Waals surface area contributed by atoms with Gasteiger partial charge in [-0.2, -0.15) is 0 Å². The Morgan fingerprint density at radius 2 is 1.54 bits per heavy atom. The Labute approximate surface area is 80.9 Å². The quantitative estimate of drug-likeness (QED) is 0.652. The van der Waals surface area contributed by atoms with Crippen molar-refractivity contribution in [3.05, 3.63) is 0 Å². The van der Waals surface area contributed by atoms with Gasteiger partial charge in [-0.25, -0.2) is 0 Å². The van der Waals surface area contributed by atoms with E-state index in [1.165, 1.54) is 44.9 Å². The SMILES string of the molecule is CC(=O)C(C1CCCCC1)C1CC1. The number of Topliss-reactive ketones (excluding diaryl/α,β-unsaturated/α-hetero) is 1. The van der Waals surface area contributed by atoms with Crippen LogP contribution in [0.4, 0.5) is 0 Å². The van der Waals surface area contributed by atoms with Gasteiger partial charge in [0.1, 0.15) is 5.78 Å². The van der Waals surface area contributed by atoms with E-state index >= 15 is 0 Å². The number of carbonyl (C=O) groups excluding carboxylic acids is 1. The first-order valence-corrected chi connectivity index (χ1v) is 5.79. The molecule has 0 saturated heterocycles. The van der Waals surface area contributed by atoms with Crippen LogP contribution in [0.3, 0.4) is 0 Å². The van der Waals surface area contributed by atoms with Crippen molar-refractivity contribution in [2.75, 3.05) is 0 Å². The molecule has 0 aromatic rings. The summed E-state index contributed by atoms with van der Waals surface area (Å²) in [5.41, 5.74) is 0. The van der Waals surface area contributed by atoms with Gasteiger partial charge in [0.25, 0.3) is 0 Å². The molecule has 2 aliphatic carbocycles. The predicted molar refractivity (Wildman–Crippen MR) is 53.5 cm³/mol.